The summed E-state index contributed by atoms with van der Waals surface area (Å²) in [6.45, 7) is 3.19. The van der Waals surface area contributed by atoms with Crippen LogP contribution in [0.5, 0.6) is 11.5 Å². The fourth-order valence-corrected chi connectivity index (χ4v) is 8.67. The molecule has 1 aliphatic heterocycles. The number of benzene rings is 4. The number of allylic oxidation sites excluding steroid dienone is 2. The molecule has 43 heavy (non-hydrogen) atoms. The van der Waals surface area contributed by atoms with Gasteiger partial charge in [-0.15, -0.1) is 0 Å². The average Bonchev–Trinajstić information content (AvgIpc) is 3.65. The number of nitrogens with zero attached hydrogens (tertiary/aromatic N) is 1. The lowest BCUT2D eigenvalue weighted by molar-refractivity contribution is 0.393. The summed E-state index contributed by atoms with van der Waals surface area (Å²) in [4.78, 5) is 4.17. The quantitative estimate of drug-likeness (QED) is 0.234. The molecule has 0 N–H and O–H groups in total. The Morgan fingerprint density at radius 2 is 1.58 bits per heavy atom. The van der Waals surface area contributed by atoms with E-state index < -0.39 is 21.0 Å². The summed E-state index contributed by atoms with van der Waals surface area (Å²) < 4.78 is 39.8. The van der Waals surface area contributed by atoms with E-state index in [-0.39, 0.29) is 0 Å². The molecule has 0 fully saturated rings. The minimum Gasteiger partial charge on any atom is -0.497 e. The monoisotopic (exact) mass is 591 g/mol. The second kappa shape index (κ2) is 12.2. The highest BCUT2D eigenvalue weighted by Crippen LogP contribution is 2.49. The minimum atomic E-state index is -3.74. The number of rotatable bonds is 5. The highest BCUT2D eigenvalue weighted by Gasteiger charge is 2.40. The molecular weight excluding hydrogens is 554 g/mol. The highest BCUT2D eigenvalue weighted by atomic mass is 32.2. The molecule has 1 heterocycles. The van der Waals surface area contributed by atoms with E-state index in [0.29, 0.717) is 22.3 Å². The molecule has 2 aliphatic carbocycles. The molecule has 0 saturated carbocycles. The van der Waals surface area contributed by atoms with E-state index in [0.717, 1.165) is 35.0 Å². The first kappa shape index (κ1) is 28.9. The van der Waals surface area contributed by atoms with Crippen molar-refractivity contribution in [2.24, 2.45) is 4.99 Å². The minimum absolute atomic E-state index is 0.325. The van der Waals surface area contributed by atoms with Gasteiger partial charge in [0.2, 0.25) is 0 Å². The van der Waals surface area contributed by atoms with Crippen LogP contribution < -0.4 is 9.47 Å². The zero-order valence-corrected chi connectivity index (χ0v) is 25.7. The smallest absolute Gasteiger partial charge is 0.186 e. The second-order valence-electron chi connectivity index (χ2n) is 11.3. The van der Waals surface area contributed by atoms with Gasteiger partial charge in [-0.2, -0.15) is 0 Å². The fourth-order valence-electron chi connectivity index (χ4n) is 6.66. The van der Waals surface area contributed by atoms with Crippen molar-refractivity contribution in [3.63, 3.8) is 0 Å². The molecule has 4 aromatic rings. The van der Waals surface area contributed by atoms with Gasteiger partial charge in [0.05, 0.1) is 25.7 Å². The lowest BCUT2D eigenvalue weighted by atomic mass is 9.78. The number of hydrogen-bond donors (Lipinski definition) is 0. The van der Waals surface area contributed by atoms with Gasteiger partial charge in [0.1, 0.15) is 16.7 Å². The predicted molar refractivity (Wildman–Crippen MR) is 175 cm³/mol. The highest BCUT2D eigenvalue weighted by molar-refractivity contribution is 7.91. The van der Waals surface area contributed by atoms with Crippen molar-refractivity contribution in [3.05, 3.63) is 119 Å². The SMILES string of the molecule is C1=CCN=C1.COc1cc(OC)cc(C2C=Cc3c(ccc4c5c(ccc34)C(C)CCC5)C2S(=O)(=O)c2ccccc2)c1. The molecule has 0 bridgehead atoms. The van der Waals surface area contributed by atoms with Crippen LogP contribution in [0.3, 0.4) is 0 Å². The van der Waals surface area contributed by atoms with Crippen LogP contribution in [0.1, 0.15) is 64.7 Å². The van der Waals surface area contributed by atoms with Gasteiger partial charge in [-0.05, 0) is 94.1 Å². The zero-order valence-electron chi connectivity index (χ0n) is 24.9. The lowest BCUT2D eigenvalue weighted by Crippen LogP contribution is -2.23. The first-order chi connectivity index (χ1) is 20.9. The van der Waals surface area contributed by atoms with Crippen LogP contribution in [0.15, 0.2) is 101 Å². The van der Waals surface area contributed by atoms with Crippen LogP contribution in [-0.2, 0) is 16.3 Å². The van der Waals surface area contributed by atoms with E-state index in [4.69, 9.17) is 9.47 Å². The largest absolute Gasteiger partial charge is 0.497 e. The Morgan fingerprint density at radius 3 is 2.23 bits per heavy atom. The second-order valence-corrected chi connectivity index (χ2v) is 13.4. The summed E-state index contributed by atoms with van der Waals surface area (Å²) in [5.74, 6) is 1.41. The standard InChI is InChI=1S/C33H32O4S.C4H5N/c1-21-8-7-11-28-26(21)12-14-30-29(28)16-17-32-31(30)15-13-27(22-18-23(36-2)20-24(19-22)37-3)33(32)38(34,35)25-9-5-4-6-10-25;1-2-4-5-3-1/h4-6,9-10,12-21,27,33H,7-8,11H2,1-3H3;1-3H,4H2. The van der Waals surface area contributed by atoms with Gasteiger partial charge in [-0.25, -0.2) is 8.42 Å². The molecule has 0 aromatic heterocycles. The van der Waals surface area contributed by atoms with E-state index in [1.807, 2.05) is 42.5 Å². The maximum absolute atomic E-state index is 14.4. The Bertz CT molecular complexity index is 1810. The van der Waals surface area contributed by atoms with Gasteiger partial charge in [-0.1, -0.05) is 67.6 Å². The van der Waals surface area contributed by atoms with Gasteiger partial charge in [0.25, 0.3) is 0 Å². The van der Waals surface area contributed by atoms with Crippen LogP contribution >= 0.6 is 0 Å². The van der Waals surface area contributed by atoms with E-state index in [1.165, 1.54) is 29.4 Å². The van der Waals surface area contributed by atoms with E-state index in [2.05, 4.69) is 42.3 Å². The van der Waals surface area contributed by atoms with Crippen LogP contribution in [-0.4, -0.2) is 35.4 Å². The van der Waals surface area contributed by atoms with Gasteiger partial charge in [0, 0.05) is 18.2 Å². The third-order valence-corrected chi connectivity index (χ3v) is 11.0. The molecule has 0 radical (unpaired) electrons. The lowest BCUT2D eigenvalue weighted by Gasteiger charge is -2.32. The Morgan fingerprint density at radius 1 is 0.860 bits per heavy atom. The van der Waals surface area contributed by atoms with Gasteiger partial charge in [0.15, 0.2) is 9.84 Å². The van der Waals surface area contributed by atoms with Crippen LogP contribution in [0, 0.1) is 0 Å². The van der Waals surface area contributed by atoms with Gasteiger partial charge >= 0.3 is 0 Å². The number of fused-ring (bicyclic) bond motifs is 5. The molecule has 7 rings (SSSR count). The molecule has 3 unspecified atom stereocenters. The third kappa shape index (κ3) is 5.52. The Hall–Kier alpha value is -4.16. The maximum Gasteiger partial charge on any atom is 0.186 e. The summed E-state index contributed by atoms with van der Waals surface area (Å²) in [6, 6.07) is 23.1. The van der Waals surface area contributed by atoms with Crippen molar-refractivity contribution in [2.75, 3.05) is 20.8 Å². The van der Waals surface area contributed by atoms with Crippen molar-refractivity contribution in [2.45, 2.75) is 48.2 Å². The van der Waals surface area contributed by atoms with E-state index in [9.17, 15) is 8.42 Å². The molecule has 0 spiro atoms. The maximum atomic E-state index is 14.4. The number of hydrogen-bond acceptors (Lipinski definition) is 5. The van der Waals surface area contributed by atoms with Crippen LogP contribution in [0.4, 0.5) is 0 Å². The van der Waals surface area contributed by atoms with Crippen LogP contribution in [0.25, 0.3) is 16.8 Å². The number of sulfone groups is 1. The summed E-state index contributed by atoms with van der Waals surface area (Å²) >= 11 is 0. The molecule has 220 valence electrons. The third-order valence-electron chi connectivity index (χ3n) is 8.82. The first-order valence-corrected chi connectivity index (χ1v) is 16.4. The molecule has 5 nitrogen and oxygen atoms in total. The summed E-state index contributed by atoms with van der Waals surface area (Å²) in [7, 11) is -0.524. The molecule has 3 atom stereocenters. The molecule has 6 heteroatoms. The van der Waals surface area contributed by atoms with Crippen molar-refractivity contribution >= 4 is 32.9 Å². The summed E-state index contributed by atoms with van der Waals surface area (Å²) in [5.41, 5.74) is 5.52. The van der Waals surface area contributed by atoms with Crippen molar-refractivity contribution < 1.29 is 17.9 Å². The predicted octanol–water partition coefficient (Wildman–Crippen LogP) is 8.25. The first-order valence-electron chi connectivity index (χ1n) is 14.9. The molecule has 4 aromatic carbocycles. The van der Waals surface area contributed by atoms with Crippen molar-refractivity contribution in [1.82, 2.24) is 0 Å². The summed E-state index contributed by atoms with van der Waals surface area (Å²) in [5, 5.41) is 1.58. The Kier molecular flexibility index (Phi) is 8.22. The molecule has 0 amide bonds. The van der Waals surface area contributed by atoms with Gasteiger partial charge < -0.3 is 9.47 Å². The number of ether oxygens (including phenoxy) is 2. The number of methoxy groups -OCH3 is 2. The van der Waals surface area contributed by atoms with Gasteiger partial charge in [-0.3, -0.25) is 4.99 Å². The summed E-state index contributed by atoms with van der Waals surface area (Å²) in [6.07, 6.45) is 13.4. The molecule has 3 aliphatic rings. The topological polar surface area (TPSA) is 65.0 Å². The number of aliphatic imine (C=N–C) groups is 1. The van der Waals surface area contributed by atoms with Crippen LogP contribution in [0.2, 0.25) is 0 Å². The number of aryl methyl sites for hydroxylation is 1. The van der Waals surface area contributed by atoms with E-state index >= 15 is 0 Å². The van der Waals surface area contributed by atoms with Crippen molar-refractivity contribution in [3.8, 4) is 11.5 Å². The normalized spacial score (nSPS) is 20.2. The Labute approximate surface area is 254 Å². The molecule has 0 saturated heterocycles. The van der Waals surface area contributed by atoms with Crippen molar-refractivity contribution in [1.29, 1.82) is 0 Å². The Balaban J connectivity index is 0.000000599. The zero-order chi connectivity index (χ0) is 30.0. The van der Waals surface area contributed by atoms with E-state index in [1.54, 1.807) is 44.7 Å². The fraction of sp³-hybridized carbons (Fsp3) is 0.270. The molecular formula is C37H37NO4S. The average molecular weight is 592 g/mol.